The molecule has 1 aromatic heterocycles. The highest BCUT2D eigenvalue weighted by molar-refractivity contribution is 7.37. The number of nitrogens with zero attached hydrogens (tertiary/aromatic N) is 2. The van der Waals surface area contributed by atoms with Crippen molar-refractivity contribution in [2.24, 2.45) is 0 Å². The number of likely N-dealkylation sites (N-methyl/N-ethyl adjacent to an activating group) is 1. The van der Waals surface area contributed by atoms with Gasteiger partial charge < -0.3 is 9.80 Å². The van der Waals surface area contributed by atoms with Crippen LogP contribution in [-0.2, 0) is 16.6 Å². The lowest BCUT2D eigenvalue weighted by molar-refractivity contribution is -0.129. The molecular weight excluding hydrogens is 418 g/mol. The number of benzene rings is 2. The first-order chi connectivity index (χ1) is 15.5. The van der Waals surface area contributed by atoms with E-state index >= 15 is 0 Å². The number of H-pyrrole nitrogens is 1. The zero-order valence-electron chi connectivity index (χ0n) is 19.0. The number of carbonyl (C=O) groups is 1. The SMILES string of the molecule is CN(C)C(=O)C(CCN1CCC2(CCc3ccccc32)CC1)[s+]1c(=O)[nH]c2ccccc21. The highest BCUT2D eigenvalue weighted by Crippen LogP contribution is 2.46. The maximum Gasteiger partial charge on any atom is 0.456 e. The average molecular weight is 451 g/mol. The van der Waals surface area contributed by atoms with Crippen LogP contribution in [0.2, 0.25) is 0 Å². The molecule has 2 aromatic carbocycles. The molecule has 32 heavy (non-hydrogen) atoms. The van der Waals surface area contributed by atoms with Crippen molar-refractivity contribution >= 4 is 26.6 Å². The number of likely N-dealkylation sites (tertiary alicyclic amines) is 1. The molecule has 2 heterocycles. The number of thiazole rings is 1. The molecule has 1 N–H and O–H groups in total. The minimum atomic E-state index is -0.746. The maximum atomic E-state index is 13.1. The summed E-state index contributed by atoms with van der Waals surface area (Å²) >= 11 is 0. The number of aromatic nitrogens is 1. The van der Waals surface area contributed by atoms with E-state index in [9.17, 15) is 9.59 Å². The summed E-state index contributed by atoms with van der Waals surface area (Å²) < 4.78 is 0.984. The zero-order chi connectivity index (χ0) is 22.3. The van der Waals surface area contributed by atoms with Gasteiger partial charge in [-0.25, -0.2) is 4.79 Å². The minimum absolute atomic E-state index is 0.0217. The first-order valence-corrected chi connectivity index (χ1v) is 12.9. The van der Waals surface area contributed by atoms with Gasteiger partial charge in [0.1, 0.15) is 5.52 Å². The number of piperidine rings is 1. The van der Waals surface area contributed by atoms with Crippen molar-refractivity contribution in [1.82, 2.24) is 14.8 Å². The number of para-hydroxylation sites is 1. The second kappa shape index (κ2) is 8.49. The Bertz CT molecular complexity index is 1190. The Hall–Kier alpha value is -2.44. The number of hydrogen-bond acceptors (Lipinski definition) is 3. The van der Waals surface area contributed by atoms with Crippen LogP contribution in [0.4, 0.5) is 0 Å². The van der Waals surface area contributed by atoms with Gasteiger partial charge in [0.15, 0.2) is 0 Å². The first-order valence-electron chi connectivity index (χ1n) is 11.6. The molecule has 0 bridgehead atoms. The highest BCUT2D eigenvalue weighted by Gasteiger charge is 2.42. The molecule has 2 aliphatic rings. The molecule has 168 valence electrons. The van der Waals surface area contributed by atoms with Crippen LogP contribution in [0.5, 0.6) is 0 Å². The molecule has 1 spiro atoms. The van der Waals surface area contributed by atoms with E-state index in [1.54, 1.807) is 24.6 Å². The van der Waals surface area contributed by atoms with Crippen molar-refractivity contribution in [3.05, 3.63) is 69.3 Å². The fourth-order valence-corrected chi connectivity index (χ4v) is 8.05. The number of nitrogens with one attached hydrogen (secondary N) is 1. The molecule has 1 fully saturated rings. The molecule has 0 radical (unpaired) electrons. The smallest absolute Gasteiger partial charge is 0.344 e. The average Bonchev–Trinajstić information content (AvgIpc) is 3.33. The molecule has 1 aliphatic carbocycles. The molecule has 1 aliphatic heterocycles. The van der Waals surface area contributed by atoms with Crippen LogP contribution < -0.4 is 4.87 Å². The van der Waals surface area contributed by atoms with Crippen LogP contribution in [0, 0.1) is 0 Å². The standard InChI is InChI=1S/C26H31N3O2S/c1-28(2)24(30)23(32-22-10-6-5-9-21(22)27-25(32)31)12-16-29-17-14-26(15-18-29)13-11-19-7-3-4-8-20(19)26/h3-10,23H,11-18H2,1-2H3/p+1. The van der Waals surface area contributed by atoms with Gasteiger partial charge in [-0.05, 0) is 61.4 Å². The largest absolute Gasteiger partial charge is 0.456 e. The predicted molar refractivity (Wildman–Crippen MR) is 132 cm³/mol. The summed E-state index contributed by atoms with van der Waals surface area (Å²) in [6.45, 7) is 2.99. The third kappa shape index (κ3) is 3.69. The van der Waals surface area contributed by atoms with Crippen molar-refractivity contribution in [3.8, 4) is 0 Å². The zero-order valence-corrected chi connectivity index (χ0v) is 19.8. The van der Waals surface area contributed by atoms with E-state index in [4.69, 9.17) is 0 Å². The van der Waals surface area contributed by atoms with E-state index in [0.717, 1.165) is 29.9 Å². The normalized spacial score (nSPS) is 19.2. The Morgan fingerprint density at radius 2 is 1.81 bits per heavy atom. The van der Waals surface area contributed by atoms with Gasteiger partial charge in [-0.1, -0.05) is 36.4 Å². The van der Waals surface area contributed by atoms with Gasteiger partial charge in [-0.3, -0.25) is 9.78 Å². The summed E-state index contributed by atoms with van der Waals surface area (Å²) in [5, 5.41) is -0.309. The van der Waals surface area contributed by atoms with E-state index in [2.05, 4.69) is 34.1 Å². The van der Waals surface area contributed by atoms with Gasteiger partial charge in [-0.15, -0.1) is 0 Å². The summed E-state index contributed by atoms with van der Waals surface area (Å²) in [5.41, 5.74) is 4.31. The van der Waals surface area contributed by atoms with Gasteiger partial charge in [0.25, 0.3) is 5.91 Å². The Morgan fingerprint density at radius 3 is 2.59 bits per heavy atom. The number of aromatic amines is 1. The Morgan fingerprint density at radius 1 is 1.09 bits per heavy atom. The topological polar surface area (TPSA) is 56.4 Å². The van der Waals surface area contributed by atoms with Crippen molar-refractivity contribution in [2.75, 3.05) is 33.7 Å². The fourth-order valence-electron chi connectivity index (χ4n) is 5.73. The summed E-state index contributed by atoms with van der Waals surface area (Å²) in [6.07, 6.45) is 5.55. The van der Waals surface area contributed by atoms with Crippen LogP contribution in [0.15, 0.2) is 53.3 Å². The quantitative estimate of drug-likeness (QED) is 0.591. The molecule has 5 nitrogen and oxygen atoms in total. The van der Waals surface area contributed by atoms with Gasteiger partial charge in [-0.2, -0.15) is 0 Å². The molecule has 1 amide bonds. The van der Waals surface area contributed by atoms with E-state index in [1.807, 2.05) is 24.3 Å². The van der Waals surface area contributed by atoms with Gasteiger partial charge in [0.2, 0.25) is 9.95 Å². The van der Waals surface area contributed by atoms with Gasteiger partial charge >= 0.3 is 4.87 Å². The molecule has 3 aromatic rings. The van der Waals surface area contributed by atoms with Crippen molar-refractivity contribution in [2.45, 2.75) is 42.8 Å². The Kier molecular flexibility index (Phi) is 5.68. The number of aryl methyl sites for hydroxylation is 1. The van der Waals surface area contributed by atoms with Crippen LogP contribution in [0.3, 0.4) is 0 Å². The van der Waals surface area contributed by atoms with Gasteiger partial charge in [0, 0.05) is 33.1 Å². The van der Waals surface area contributed by atoms with Crippen LogP contribution in [0.1, 0.15) is 42.1 Å². The second-order valence-corrected chi connectivity index (χ2v) is 11.6. The lowest BCUT2D eigenvalue weighted by Gasteiger charge is -2.40. The summed E-state index contributed by atoms with van der Waals surface area (Å²) in [7, 11) is 2.84. The molecule has 2 unspecified atom stereocenters. The van der Waals surface area contributed by atoms with E-state index in [1.165, 1.54) is 31.2 Å². The number of carbonyl (C=O) groups excluding carboxylic acids is 1. The second-order valence-electron chi connectivity index (χ2n) is 9.54. The van der Waals surface area contributed by atoms with E-state index in [-0.39, 0.29) is 16.0 Å². The van der Waals surface area contributed by atoms with Crippen LogP contribution in [-0.4, -0.2) is 54.4 Å². The predicted octanol–water partition coefficient (Wildman–Crippen LogP) is 4.28. The van der Waals surface area contributed by atoms with E-state index < -0.39 is 10.5 Å². The summed E-state index contributed by atoms with van der Waals surface area (Å²) in [6, 6.07) is 16.8. The van der Waals surface area contributed by atoms with E-state index in [0.29, 0.717) is 11.8 Å². The van der Waals surface area contributed by atoms with Crippen LogP contribution >= 0.6 is 10.5 Å². The summed E-state index contributed by atoms with van der Waals surface area (Å²) in [4.78, 5) is 33.1. The number of fused-ring (bicyclic) bond motifs is 3. The molecule has 1 saturated heterocycles. The first kappa shape index (κ1) is 21.4. The molecule has 2 atom stereocenters. The minimum Gasteiger partial charge on any atom is -0.344 e. The molecule has 6 heteroatoms. The highest BCUT2D eigenvalue weighted by atomic mass is 32.2. The maximum absolute atomic E-state index is 13.1. The van der Waals surface area contributed by atoms with Gasteiger partial charge in [0.05, 0.1) is 10.5 Å². The van der Waals surface area contributed by atoms with Crippen LogP contribution in [0.25, 0.3) is 10.2 Å². The Balaban J connectivity index is 1.32. The van der Waals surface area contributed by atoms with Crippen molar-refractivity contribution < 1.29 is 4.79 Å². The fraction of sp³-hybridized carbons (Fsp3) is 0.462. The van der Waals surface area contributed by atoms with Crippen molar-refractivity contribution in [1.29, 1.82) is 0 Å². The third-order valence-corrected chi connectivity index (χ3v) is 9.88. The monoisotopic (exact) mass is 450 g/mol. The molecular formula is C26H32N3O2S+. The molecule has 5 rings (SSSR count). The lowest BCUT2D eigenvalue weighted by atomic mass is 9.74. The summed E-state index contributed by atoms with van der Waals surface area (Å²) in [5.74, 6) is 0.0541. The number of hydrogen-bond donors (Lipinski definition) is 1. The van der Waals surface area contributed by atoms with Crippen molar-refractivity contribution in [3.63, 3.8) is 0 Å². The third-order valence-electron chi connectivity index (χ3n) is 7.54. The molecule has 0 saturated carbocycles. The number of rotatable bonds is 5. The Labute approximate surface area is 192 Å². The lowest BCUT2D eigenvalue weighted by Crippen LogP contribution is -2.42. The number of amides is 1.